The third-order valence-corrected chi connectivity index (χ3v) is 6.36. The van der Waals surface area contributed by atoms with Gasteiger partial charge in [-0.05, 0) is 54.6 Å². The molecular weight excluding hydrogens is 364 g/mol. The van der Waals surface area contributed by atoms with Gasteiger partial charge in [0.25, 0.3) is 0 Å². The number of aryl methyl sites for hydroxylation is 2. The number of thiazole rings is 1. The summed E-state index contributed by atoms with van der Waals surface area (Å²) in [5, 5.41) is 12.3. The molecule has 26 heavy (non-hydrogen) atoms. The van der Waals surface area contributed by atoms with Gasteiger partial charge in [-0.25, -0.2) is 4.98 Å². The first-order chi connectivity index (χ1) is 12.7. The smallest absolute Gasteiger partial charge is 0.303 e. The lowest BCUT2D eigenvalue weighted by molar-refractivity contribution is -0.136. The summed E-state index contributed by atoms with van der Waals surface area (Å²) in [7, 11) is 0. The van der Waals surface area contributed by atoms with E-state index in [1.54, 1.807) is 22.7 Å². The molecule has 0 unspecified atom stereocenters. The van der Waals surface area contributed by atoms with E-state index < -0.39 is 5.97 Å². The highest BCUT2D eigenvalue weighted by Gasteiger charge is 2.15. The predicted octanol–water partition coefficient (Wildman–Crippen LogP) is 5.40. The molecule has 0 radical (unpaired) electrons. The molecule has 0 spiro atoms. The van der Waals surface area contributed by atoms with Crippen LogP contribution in [0.25, 0.3) is 26.5 Å². The fourth-order valence-electron chi connectivity index (χ4n) is 3.08. The van der Waals surface area contributed by atoms with Crippen LogP contribution in [0.2, 0.25) is 0 Å². The van der Waals surface area contributed by atoms with E-state index in [1.165, 1.54) is 4.88 Å². The fraction of sp³-hybridized carbons (Fsp3) is 0.200. The van der Waals surface area contributed by atoms with Crippen LogP contribution in [-0.4, -0.2) is 20.6 Å². The summed E-state index contributed by atoms with van der Waals surface area (Å²) in [5.74, 6) is -0.777. The van der Waals surface area contributed by atoms with E-state index in [0.717, 1.165) is 38.7 Å². The number of nitrogens with zero attached hydrogens (tertiary/aromatic N) is 2. The second-order valence-electron chi connectivity index (χ2n) is 6.03. The van der Waals surface area contributed by atoms with E-state index in [0.29, 0.717) is 6.42 Å². The molecule has 0 aliphatic heterocycles. The van der Waals surface area contributed by atoms with Crippen molar-refractivity contribution in [2.75, 3.05) is 0 Å². The zero-order valence-corrected chi connectivity index (χ0v) is 15.9. The van der Waals surface area contributed by atoms with Crippen LogP contribution in [-0.2, 0) is 17.6 Å². The minimum Gasteiger partial charge on any atom is -0.481 e. The fourth-order valence-corrected chi connectivity index (χ4v) is 4.76. The zero-order valence-electron chi connectivity index (χ0n) is 14.3. The molecule has 3 heterocycles. The maximum absolute atomic E-state index is 11.1. The van der Waals surface area contributed by atoms with Gasteiger partial charge in [0.1, 0.15) is 0 Å². The van der Waals surface area contributed by atoms with Crippen molar-refractivity contribution in [1.82, 2.24) is 9.55 Å². The molecule has 1 aromatic carbocycles. The monoisotopic (exact) mass is 382 g/mol. The first kappa shape index (κ1) is 17.0. The molecule has 0 aliphatic carbocycles. The molecule has 3 aromatic heterocycles. The quantitative estimate of drug-likeness (QED) is 0.486. The van der Waals surface area contributed by atoms with Gasteiger partial charge in [-0.3, -0.25) is 4.79 Å². The SMILES string of the molecule is CCc1nc2ccc(-n3c(CCC(=O)O)ccc3-c3cccs3)cc2s1. The summed E-state index contributed by atoms with van der Waals surface area (Å²) < 4.78 is 3.34. The Kier molecular flexibility index (Phi) is 4.61. The van der Waals surface area contributed by atoms with E-state index >= 15 is 0 Å². The number of aliphatic carboxylic acids is 1. The topological polar surface area (TPSA) is 55.1 Å². The average molecular weight is 383 g/mol. The number of aromatic nitrogens is 2. The summed E-state index contributed by atoms with van der Waals surface area (Å²) in [6.45, 7) is 2.11. The van der Waals surface area contributed by atoms with Crippen LogP contribution in [0.4, 0.5) is 0 Å². The summed E-state index contributed by atoms with van der Waals surface area (Å²) in [5.41, 5.74) is 4.18. The molecule has 0 fully saturated rings. The van der Waals surface area contributed by atoms with Gasteiger partial charge in [0.15, 0.2) is 0 Å². The molecule has 4 aromatic rings. The number of carboxylic acid groups (broad SMARTS) is 1. The molecule has 0 bridgehead atoms. The van der Waals surface area contributed by atoms with Crippen LogP contribution in [0.1, 0.15) is 24.0 Å². The first-order valence-electron chi connectivity index (χ1n) is 8.52. The van der Waals surface area contributed by atoms with Crippen molar-refractivity contribution in [2.24, 2.45) is 0 Å². The van der Waals surface area contributed by atoms with Gasteiger partial charge >= 0.3 is 5.97 Å². The highest BCUT2D eigenvalue weighted by Crippen LogP contribution is 2.32. The lowest BCUT2D eigenvalue weighted by Gasteiger charge is -2.13. The van der Waals surface area contributed by atoms with Gasteiger partial charge < -0.3 is 9.67 Å². The maximum atomic E-state index is 11.1. The second-order valence-corrected chi connectivity index (χ2v) is 8.09. The summed E-state index contributed by atoms with van der Waals surface area (Å²) in [6, 6.07) is 14.5. The minimum atomic E-state index is -0.777. The number of thiophene rings is 1. The first-order valence-corrected chi connectivity index (χ1v) is 10.2. The van der Waals surface area contributed by atoms with Crippen LogP contribution in [0.5, 0.6) is 0 Å². The van der Waals surface area contributed by atoms with Crippen LogP contribution >= 0.6 is 22.7 Å². The van der Waals surface area contributed by atoms with E-state index in [2.05, 4.69) is 52.2 Å². The van der Waals surface area contributed by atoms with Crippen molar-refractivity contribution in [3.8, 4) is 16.3 Å². The molecule has 132 valence electrons. The molecule has 1 N–H and O–H groups in total. The zero-order chi connectivity index (χ0) is 18.1. The number of hydrogen-bond donors (Lipinski definition) is 1. The van der Waals surface area contributed by atoms with E-state index in [1.807, 2.05) is 12.1 Å². The van der Waals surface area contributed by atoms with E-state index in [-0.39, 0.29) is 6.42 Å². The number of hydrogen-bond acceptors (Lipinski definition) is 4. The Bertz CT molecular complexity index is 1060. The molecule has 0 saturated heterocycles. The van der Waals surface area contributed by atoms with Crippen LogP contribution in [0.3, 0.4) is 0 Å². The predicted molar refractivity (Wildman–Crippen MR) is 108 cm³/mol. The van der Waals surface area contributed by atoms with Gasteiger partial charge in [0, 0.05) is 11.4 Å². The highest BCUT2D eigenvalue weighted by molar-refractivity contribution is 7.18. The van der Waals surface area contributed by atoms with Gasteiger partial charge in [0.05, 0.1) is 32.2 Å². The number of carbonyl (C=O) groups is 1. The number of benzene rings is 1. The number of rotatable bonds is 6. The lowest BCUT2D eigenvalue weighted by Crippen LogP contribution is -2.05. The van der Waals surface area contributed by atoms with Gasteiger partial charge in [-0.1, -0.05) is 13.0 Å². The highest BCUT2D eigenvalue weighted by atomic mass is 32.1. The van der Waals surface area contributed by atoms with Crippen LogP contribution in [0.15, 0.2) is 47.8 Å². The Balaban J connectivity index is 1.84. The largest absolute Gasteiger partial charge is 0.481 e. The molecule has 0 amide bonds. The third kappa shape index (κ3) is 3.18. The Morgan fingerprint density at radius 2 is 2.12 bits per heavy atom. The van der Waals surface area contributed by atoms with Crippen molar-refractivity contribution in [1.29, 1.82) is 0 Å². The lowest BCUT2D eigenvalue weighted by atomic mass is 10.2. The minimum absolute atomic E-state index is 0.122. The Morgan fingerprint density at radius 3 is 2.85 bits per heavy atom. The molecule has 0 atom stereocenters. The number of carboxylic acids is 1. The van der Waals surface area contributed by atoms with Gasteiger partial charge in [-0.15, -0.1) is 22.7 Å². The van der Waals surface area contributed by atoms with E-state index in [4.69, 9.17) is 5.11 Å². The van der Waals surface area contributed by atoms with Crippen molar-refractivity contribution in [3.63, 3.8) is 0 Å². The van der Waals surface area contributed by atoms with Gasteiger partial charge in [-0.2, -0.15) is 0 Å². The van der Waals surface area contributed by atoms with Crippen molar-refractivity contribution >= 4 is 38.9 Å². The molecule has 4 nitrogen and oxygen atoms in total. The van der Waals surface area contributed by atoms with Crippen molar-refractivity contribution < 1.29 is 9.90 Å². The maximum Gasteiger partial charge on any atom is 0.303 e. The normalized spacial score (nSPS) is 11.3. The van der Waals surface area contributed by atoms with Crippen molar-refractivity contribution in [3.05, 3.63) is 58.5 Å². The average Bonchev–Trinajstić information content (AvgIpc) is 3.36. The summed E-state index contributed by atoms with van der Waals surface area (Å²) in [4.78, 5) is 16.9. The Morgan fingerprint density at radius 1 is 1.23 bits per heavy atom. The molecule has 4 rings (SSSR count). The van der Waals surface area contributed by atoms with E-state index in [9.17, 15) is 4.79 Å². The third-order valence-electron chi connectivity index (χ3n) is 4.31. The molecular formula is C20H18N2O2S2. The summed E-state index contributed by atoms with van der Waals surface area (Å²) >= 11 is 3.41. The second kappa shape index (κ2) is 7.05. The number of fused-ring (bicyclic) bond motifs is 1. The standard InChI is InChI=1S/C20H18N2O2S2/c1-2-19-21-15-8-5-14(12-18(15)26-19)22-13(7-10-20(23)24)6-9-16(22)17-4-3-11-25-17/h3-6,8-9,11-12H,2,7,10H2,1H3,(H,23,24). The van der Waals surface area contributed by atoms with Crippen LogP contribution < -0.4 is 0 Å². The Hall–Kier alpha value is -2.44. The Labute approximate surface area is 159 Å². The molecule has 6 heteroatoms. The molecule has 0 saturated carbocycles. The van der Waals surface area contributed by atoms with Gasteiger partial charge in [0.2, 0.25) is 0 Å². The van der Waals surface area contributed by atoms with Crippen molar-refractivity contribution in [2.45, 2.75) is 26.2 Å². The molecule has 0 aliphatic rings. The summed E-state index contributed by atoms with van der Waals surface area (Å²) in [6.07, 6.45) is 1.56. The van der Waals surface area contributed by atoms with Crippen LogP contribution in [0, 0.1) is 0 Å².